The smallest absolute Gasteiger partial charge is 0.273 e. The Kier molecular flexibility index (Phi) is 3.83. The number of carbonyl (C=O) groups excluding carboxylic acids is 1. The first-order valence-corrected chi connectivity index (χ1v) is 6.22. The number of nitrogens with zero attached hydrogens (tertiary/aromatic N) is 4. The highest BCUT2D eigenvalue weighted by molar-refractivity contribution is 7.09. The molecule has 0 unspecified atom stereocenters. The Bertz CT molecular complexity index is 509. The minimum atomic E-state index is -0.158. The molecular formula is C11H13N5OS. The van der Waals surface area contributed by atoms with E-state index in [1.165, 1.54) is 4.90 Å². The Labute approximate surface area is 109 Å². The van der Waals surface area contributed by atoms with Gasteiger partial charge in [0, 0.05) is 25.7 Å². The fraction of sp³-hybridized carbons (Fsp3) is 0.273. The molecule has 6 nitrogen and oxygen atoms in total. The molecule has 18 heavy (non-hydrogen) atoms. The van der Waals surface area contributed by atoms with Crippen molar-refractivity contribution in [2.75, 3.05) is 19.4 Å². The standard InChI is InChI=1S/C11H13N5OS/c1-16(2)11(17)8-3-4-9(15-14-8)13-7-10-12-5-6-18-10/h3-6H,7H2,1-2H3,(H,13,15). The summed E-state index contributed by atoms with van der Waals surface area (Å²) in [4.78, 5) is 17.2. The number of aromatic nitrogens is 3. The number of rotatable bonds is 4. The summed E-state index contributed by atoms with van der Waals surface area (Å²) in [6.07, 6.45) is 1.76. The van der Waals surface area contributed by atoms with E-state index in [9.17, 15) is 4.79 Å². The van der Waals surface area contributed by atoms with Crippen LogP contribution < -0.4 is 5.32 Å². The molecule has 94 valence electrons. The van der Waals surface area contributed by atoms with Crippen LogP contribution in [0.1, 0.15) is 15.5 Å². The van der Waals surface area contributed by atoms with Crippen LogP contribution >= 0.6 is 11.3 Å². The van der Waals surface area contributed by atoms with Gasteiger partial charge in [-0.1, -0.05) is 0 Å². The summed E-state index contributed by atoms with van der Waals surface area (Å²) >= 11 is 1.57. The molecule has 1 N–H and O–H groups in total. The summed E-state index contributed by atoms with van der Waals surface area (Å²) in [7, 11) is 3.36. The van der Waals surface area contributed by atoms with Crippen LogP contribution in [0.5, 0.6) is 0 Å². The highest BCUT2D eigenvalue weighted by Crippen LogP contribution is 2.08. The van der Waals surface area contributed by atoms with E-state index in [1.807, 2.05) is 5.38 Å². The molecule has 7 heteroatoms. The quantitative estimate of drug-likeness (QED) is 0.898. The molecule has 0 aliphatic rings. The second kappa shape index (κ2) is 5.54. The second-order valence-electron chi connectivity index (χ2n) is 3.78. The maximum atomic E-state index is 11.6. The van der Waals surface area contributed by atoms with Crippen molar-refractivity contribution >= 4 is 23.1 Å². The molecule has 0 radical (unpaired) electrons. The first-order valence-electron chi connectivity index (χ1n) is 5.34. The molecule has 0 fully saturated rings. The number of anilines is 1. The molecular weight excluding hydrogens is 250 g/mol. The van der Waals surface area contributed by atoms with Gasteiger partial charge in [-0.05, 0) is 12.1 Å². The van der Waals surface area contributed by atoms with Gasteiger partial charge < -0.3 is 10.2 Å². The highest BCUT2D eigenvalue weighted by atomic mass is 32.1. The Hall–Kier alpha value is -2.02. The number of hydrogen-bond donors (Lipinski definition) is 1. The van der Waals surface area contributed by atoms with Gasteiger partial charge in [0.15, 0.2) is 5.69 Å². The van der Waals surface area contributed by atoms with E-state index in [4.69, 9.17) is 0 Å². The molecule has 0 atom stereocenters. The number of nitrogens with one attached hydrogen (secondary N) is 1. The lowest BCUT2D eigenvalue weighted by Crippen LogP contribution is -2.23. The minimum Gasteiger partial charge on any atom is -0.362 e. The molecule has 0 bridgehead atoms. The maximum Gasteiger partial charge on any atom is 0.273 e. The lowest BCUT2D eigenvalue weighted by atomic mass is 10.3. The van der Waals surface area contributed by atoms with Crippen LogP contribution in [0.2, 0.25) is 0 Å². The normalized spacial score (nSPS) is 10.1. The number of thiazole rings is 1. The summed E-state index contributed by atoms with van der Waals surface area (Å²) in [6.45, 7) is 0.604. The number of hydrogen-bond acceptors (Lipinski definition) is 6. The molecule has 1 amide bonds. The van der Waals surface area contributed by atoms with E-state index < -0.39 is 0 Å². The first-order chi connectivity index (χ1) is 8.66. The third kappa shape index (κ3) is 3.01. The summed E-state index contributed by atoms with van der Waals surface area (Å²) < 4.78 is 0. The van der Waals surface area contributed by atoms with Crippen LogP contribution in [0.3, 0.4) is 0 Å². The predicted molar refractivity (Wildman–Crippen MR) is 69.5 cm³/mol. The van der Waals surface area contributed by atoms with E-state index in [0.29, 0.717) is 18.1 Å². The average molecular weight is 263 g/mol. The average Bonchev–Trinajstić information content (AvgIpc) is 2.89. The van der Waals surface area contributed by atoms with Gasteiger partial charge in [-0.25, -0.2) is 4.98 Å². The molecule has 2 aromatic rings. The zero-order chi connectivity index (χ0) is 13.0. The molecule has 0 spiro atoms. The van der Waals surface area contributed by atoms with Crippen molar-refractivity contribution in [1.29, 1.82) is 0 Å². The van der Waals surface area contributed by atoms with Crippen LogP contribution in [0.25, 0.3) is 0 Å². The minimum absolute atomic E-state index is 0.158. The summed E-state index contributed by atoms with van der Waals surface area (Å²) in [5, 5.41) is 13.8. The van der Waals surface area contributed by atoms with Crippen LogP contribution in [-0.4, -0.2) is 40.1 Å². The van der Waals surface area contributed by atoms with E-state index in [0.717, 1.165) is 5.01 Å². The Morgan fingerprint density at radius 1 is 1.39 bits per heavy atom. The number of amides is 1. The predicted octanol–water partition coefficient (Wildman–Crippen LogP) is 1.25. The maximum absolute atomic E-state index is 11.6. The van der Waals surface area contributed by atoms with Gasteiger partial charge in [-0.15, -0.1) is 21.5 Å². The van der Waals surface area contributed by atoms with Crippen molar-refractivity contribution in [2.24, 2.45) is 0 Å². The lowest BCUT2D eigenvalue weighted by Gasteiger charge is -2.09. The van der Waals surface area contributed by atoms with Crippen molar-refractivity contribution in [3.05, 3.63) is 34.4 Å². The highest BCUT2D eigenvalue weighted by Gasteiger charge is 2.09. The molecule has 0 aromatic carbocycles. The summed E-state index contributed by atoms with van der Waals surface area (Å²) in [6, 6.07) is 3.39. The van der Waals surface area contributed by atoms with Gasteiger partial charge in [0.2, 0.25) is 0 Å². The monoisotopic (exact) mass is 263 g/mol. The third-order valence-electron chi connectivity index (χ3n) is 2.19. The fourth-order valence-corrected chi connectivity index (χ4v) is 1.83. The SMILES string of the molecule is CN(C)C(=O)c1ccc(NCc2nccs2)nn1. The molecule has 0 saturated carbocycles. The Morgan fingerprint density at radius 2 is 2.22 bits per heavy atom. The lowest BCUT2D eigenvalue weighted by molar-refractivity contribution is 0.0821. The largest absolute Gasteiger partial charge is 0.362 e. The Morgan fingerprint density at radius 3 is 2.78 bits per heavy atom. The van der Waals surface area contributed by atoms with Crippen LogP contribution in [-0.2, 0) is 6.54 Å². The molecule has 2 heterocycles. The van der Waals surface area contributed by atoms with Crippen molar-refractivity contribution in [2.45, 2.75) is 6.54 Å². The second-order valence-corrected chi connectivity index (χ2v) is 4.76. The molecule has 0 saturated heterocycles. The van der Waals surface area contributed by atoms with Crippen LogP contribution in [0.4, 0.5) is 5.82 Å². The van der Waals surface area contributed by atoms with E-state index in [-0.39, 0.29) is 5.91 Å². The summed E-state index contributed by atoms with van der Waals surface area (Å²) in [5.74, 6) is 0.467. The molecule has 0 aliphatic carbocycles. The van der Waals surface area contributed by atoms with Gasteiger partial charge in [-0.2, -0.15) is 0 Å². The van der Waals surface area contributed by atoms with Crippen molar-refractivity contribution in [1.82, 2.24) is 20.1 Å². The van der Waals surface area contributed by atoms with Gasteiger partial charge in [-0.3, -0.25) is 4.79 Å². The van der Waals surface area contributed by atoms with Crippen LogP contribution in [0, 0.1) is 0 Å². The van der Waals surface area contributed by atoms with Crippen LogP contribution in [0.15, 0.2) is 23.7 Å². The van der Waals surface area contributed by atoms with Gasteiger partial charge >= 0.3 is 0 Å². The topological polar surface area (TPSA) is 71.0 Å². The van der Waals surface area contributed by atoms with Crippen molar-refractivity contribution < 1.29 is 4.79 Å². The molecule has 2 aromatic heterocycles. The van der Waals surface area contributed by atoms with E-state index in [1.54, 1.807) is 43.8 Å². The first kappa shape index (κ1) is 12.4. The molecule has 0 aliphatic heterocycles. The van der Waals surface area contributed by atoms with Crippen molar-refractivity contribution in [3.63, 3.8) is 0 Å². The third-order valence-corrected chi connectivity index (χ3v) is 2.97. The summed E-state index contributed by atoms with van der Waals surface area (Å²) in [5.41, 5.74) is 0.333. The van der Waals surface area contributed by atoms with E-state index >= 15 is 0 Å². The van der Waals surface area contributed by atoms with Gasteiger partial charge in [0.05, 0.1) is 6.54 Å². The van der Waals surface area contributed by atoms with E-state index in [2.05, 4.69) is 20.5 Å². The fourth-order valence-electron chi connectivity index (χ4n) is 1.28. The molecule has 2 rings (SSSR count). The zero-order valence-electron chi connectivity index (χ0n) is 10.1. The van der Waals surface area contributed by atoms with Gasteiger partial charge in [0.1, 0.15) is 10.8 Å². The zero-order valence-corrected chi connectivity index (χ0v) is 10.9. The van der Waals surface area contributed by atoms with Crippen molar-refractivity contribution in [3.8, 4) is 0 Å². The number of carbonyl (C=O) groups is 1. The Balaban J connectivity index is 1.97. The van der Waals surface area contributed by atoms with Gasteiger partial charge in [0.25, 0.3) is 5.91 Å².